The van der Waals surface area contributed by atoms with Crippen LogP contribution in [0.15, 0.2) is 48.5 Å². The van der Waals surface area contributed by atoms with Crippen molar-refractivity contribution in [3.05, 3.63) is 54.1 Å². The van der Waals surface area contributed by atoms with Crippen LogP contribution < -0.4 is 15.0 Å². The predicted molar refractivity (Wildman–Crippen MR) is 116 cm³/mol. The number of hydrogen-bond donors (Lipinski definition) is 1. The van der Waals surface area contributed by atoms with Crippen molar-refractivity contribution < 1.29 is 14.3 Å². The molecule has 0 aromatic heterocycles. The van der Waals surface area contributed by atoms with Crippen molar-refractivity contribution in [1.29, 1.82) is 0 Å². The molecule has 1 heterocycles. The fourth-order valence-electron chi connectivity index (χ4n) is 3.48. The average Bonchev–Trinajstić information content (AvgIpc) is 3.10. The number of carbonyl (C=O) groups excluding carboxylic acids is 2. The SMILES string of the molecule is CC[C@@H](C)c1ccc(NC(=O)[C@H]2CC(=O)N(c3ccc(OC(C)C)cc3)C2)cc1. The molecule has 0 radical (unpaired) electrons. The number of ether oxygens (including phenoxy) is 1. The number of anilines is 2. The molecule has 3 rings (SSSR count). The average molecular weight is 395 g/mol. The summed E-state index contributed by atoms with van der Waals surface area (Å²) in [6.07, 6.45) is 1.40. The van der Waals surface area contributed by atoms with E-state index in [4.69, 9.17) is 4.74 Å². The Kier molecular flexibility index (Phi) is 6.57. The van der Waals surface area contributed by atoms with Crippen LogP contribution in [0.4, 0.5) is 11.4 Å². The highest BCUT2D eigenvalue weighted by molar-refractivity contribution is 6.03. The van der Waals surface area contributed by atoms with Gasteiger partial charge in [0.15, 0.2) is 0 Å². The fraction of sp³-hybridized carbons (Fsp3) is 0.417. The first kappa shape index (κ1) is 20.9. The molecular weight excluding hydrogens is 364 g/mol. The van der Waals surface area contributed by atoms with Gasteiger partial charge in [0.2, 0.25) is 11.8 Å². The minimum absolute atomic E-state index is 0.0326. The van der Waals surface area contributed by atoms with Gasteiger partial charge in [-0.2, -0.15) is 0 Å². The fourth-order valence-corrected chi connectivity index (χ4v) is 3.48. The van der Waals surface area contributed by atoms with Gasteiger partial charge in [-0.3, -0.25) is 9.59 Å². The van der Waals surface area contributed by atoms with E-state index in [1.165, 1.54) is 5.56 Å². The molecular formula is C24H30N2O3. The first-order valence-corrected chi connectivity index (χ1v) is 10.3. The van der Waals surface area contributed by atoms with Gasteiger partial charge in [-0.05, 0) is 68.1 Å². The van der Waals surface area contributed by atoms with Crippen LogP contribution in [-0.2, 0) is 9.59 Å². The summed E-state index contributed by atoms with van der Waals surface area (Å²) in [5.41, 5.74) is 2.82. The number of carbonyl (C=O) groups is 2. The first-order chi connectivity index (χ1) is 13.9. The van der Waals surface area contributed by atoms with Crippen LogP contribution in [-0.4, -0.2) is 24.5 Å². The van der Waals surface area contributed by atoms with Crippen molar-refractivity contribution in [2.75, 3.05) is 16.8 Å². The Morgan fingerprint density at radius 3 is 2.34 bits per heavy atom. The topological polar surface area (TPSA) is 58.6 Å². The first-order valence-electron chi connectivity index (χ1n) is 10.3. The number of nitrogens with one attached hydrogen (secondary N) is 1. The summed E-state index contributed by atoms with van der Waals surface area (Å²) >= 11 is 0. The molecule has 1 N–H and O–H groups in total. The number of benzene rings is 2. The minimum atomic E-state index is -0.358. The molecule has 1 aliphatic rings. The van der Waals surface area contributed by atoms with Gasteiger partial charge in [-0.1, -0.05) is 26.0 Å². The lowest BCUT2D eigenvalue weighted by atomic mass is 9.98. The molecule has 2 amide bonds. The van der Waals surface area contributed by atoms with E-state index in [-0.39, 0.29) is 30.3 Å². The summed E-state index contributed by atoms with van der Waals surface area (Å²) < 4.78 is 5.65. The van der Waals surface area contributed by atoms with Crippen LogP contribution >= 0.6 is 0 Å². The summed E-state index contributed by atoms with van der Waals surface area (Å²) in [5.74, 6) is 0.763. The molecule has 0 unspecified atom stereocenters. The second-order valence-corrected chi connectivity index (χ2v) is 7.99. The Morgan fingerprint density at radius 2 is 1.76 bits per heavy atom. The molecule has 1 saturated heterocycles. The van der Waals surface area contributed by atoms with Crippen molar-refractivity contribution in [3.63, 3.8) is 0 Å². The number of hydrogen-bond acceptors (Lipinski definition) is 3. The van der Waals surface area contributed by atoms with E-state index in [1.54, 1.807) is 4.90 Å². The zero-order valence-corrected chi connectivity index (χ0v) is 17.6. The van der Waals surface area contributed by atoms with Gasteiger partial charge in [0.25, 0.3) is 0 Å². The summed E-state index contributed by atoms with van der Waals surface area (Å²) in [4.78, 5) is 26.8. The van der Waals surface area contributed by atoms with Gasteiger partial charge < -0.3 is 15.0 Å². The smallest absolute Gasteiger partial charge is 0.229 e. The van der Waals surface area contributed by atoms with E-state index < -0.39 is 0 Å². The lowest BCUT2D eigenvalue weighted by Crippen LogP contribution is -2.28. The third-order valence-electron chi connectivity index (χ3n) is 5.38. The van der Waals surface area contributed by atoms with Crippen molar-refractivity contribution >= 4 is 23.2 Å². The molecule has 1 aliphatic heterocycles. The van der Waals surface area contributed by atoms with Gasteiger partial charge >= 0.3 is 0 Å². The standard InChI is InChI=1S/C24H30N2O3/c1-5-17(4)18-6-8-20(9-7-18)25-24(28)19-14-23(27)26(15-19)21-10-12-22(13-11-21)29-16(2)3/h6-13,16-17,19H,5,14-15H2,1-4H3,(H,25,28)/t17-,19+/m1/s1. The molecule has 5 heteroatoms. The molecule has 0 aliphatic carbocycles. The zero-order chi connectivity index (χ0) is 21.0. The Morgan fingerprint density at radius 1 is 1.10 bits per heavy atom. The second-order valence-electron chi connectivity index (χ2n) is 7.99. The highest BCUT2D eigenvalue weighted by Gasteiger charge is 2.35. The normalized spacial score (nSPS) is 17.5. The van der Waals surface area contributed by atoms with Crippen LogP contribution in [0, 0.1) is 5.92 Å². The second kappa shape index (κ2) is 9.12. The number of nitrogens with zero attached hydrogens (tertiary/aromatic N) is 1. The van der Waals surface area contributed by atoms with Crippen LogP contribution in [0.2, 0.25) is 0 Å². The zero-order valence-electron chi connectivity index (χ0n) is 17.6. The summed E-state index contributed by atoms with van der Waals surface area (Å²) in [7, 11) is 0. The Labute approximate surface area is 173 Å². The maximum Gasteiger partial charge on any atom is 0.229 e. The molecule has 2 aromatic carbocycles. The van der Waals surface area contributed by atoms with Gasteiger partial charge in [0.1, 0.15) is 5.75 Å². The molecule has 154 valence electrons. The van der Waals surface area contributed by atoms with Gasteiger partial charge in [0, 0.05) is 24.3 Å². The molecule has 2 atom stereocenters. The van der Waals surface area contributed by atoms with Crippen molar-refractivity contribution in [3.8, 4) is 5.75 Å². The monoisotopic (exact) mass is 394 g/mol. The molecule has 29 heavy (non-hydrogen) atoms. The van der Waals surface area contributed by atoms with Crippen molar-refractivity contribution in [1.82, 2.24) is 0 Å². The van der Waals surface area contributed by atoms with Crippen LogP contribution in [0.3, 0.4) is 0 Å². The van der Waals surface area contributed by atoms with E-state index in [2.05, 4.69) is 31.3 Å². The molecule has 2 aromatic rings. The van der Waals surface area contributed by atoms with Gasteiger partial charge in [-0.25, -0.2) is 0 Å². The maximum atomic E-state index is 12.7. The molecule has 0 bridgehead atoms. The van der Waals surface area contributed by atoms with E-state index >= 15 is 0 Å². The molecule has 0 saturated carbocycles. The Balaban J connectivity index is 1.61. The lowest BCUT2D eigenvalue weighted by molar-refractivity contribution is -0.122. The van der Waals surface area contributed by atoms with Crippen LogP contribution in [0.5, 0.6) is 5.75 Å². The van der Waals surface area contributed by atoms with E-state index in [9.17, 15) is 9.59 Å². The van der Waals surface area contributed by atoms with E-state index in [0.29, 0.717) is 12.5 Å². The van der Waals surface area contributed by atoms with Crippen molar-refractivity contribution in [2.24, 2.45) is 5.92 Å². The summed E-state index contributed by atoms with van der Waals surface area (Å²) in [5, 5.41) is 2.95. The predicted octanol–water partition coefficient (Wildman–Crippen LogP) is 4.98. The van der Waals surface area contributed by atoms with E-state index in [0.717, 1.165) is 23.5 Å². The highest BCUT2D eigenvalue weighted by atomic mass is 16.5. The Hall–Kier alpha value is -2.82. The van der Waals surface area contributed by atoms with Gasteiger partial charge in [-0.15, -0.1) is 0 Å². The third-order valence-corrected chi connectivity index (χ3v) is 5.38. The third kappa shape index (κ3) is 5.17. The maximum absolute atomic E-state index is 12.7. The molecule has 0 spiro atoms. The van der Waals surface area contributed by atoms with Crippen LogP contribution in [0.25, 0.3) is 0 Å². The highest BCUT2D eigenvalue weighted by Crippen LogP contribution is 2.28. The summed E-state index contributed by atoms with van der Waals surface area (Å²) in [6.45, 7) is 8.68. The number of amides is 2. The van der Waals surface area contributed by atoms with Crippen LogP contribution in [0.1, 0.15) is 52.0 Å². The molecule has 5 nitrogen and oxygen atoms in total. The summed E-state index contributed by atoms with van der Waals surface area (Å²) in [6, 6.07) is 15.4. The Bertz CT molecular complexity index is 843. The van der Waals surface area contributed by atoms with Gasteiger partial charge in [0.05, 0.1) is 12.0 Å². The quantitative estimate of drug-likeness (QED) is 0.721. The van der Waals surface area contributed by atoms with E-state index in [1.807, 2.05) is 50.2 Å². The minimum Gasteiger partial charge on any atom is -0.491 e. The largest absolute Gasteiger partial charge is 0.491 e. The number of rotatable bonds is 7. The van der Waals surface area contributed by atoms with Crippen molar-refractivity contribution in [2.45, 2.75) is 52.6 Å². The lowest BCUT2D eigenvalue weighted by Gasteiger charge is -2.18. The molecule has 1 fully saturated rings.